The van der Waals surface area contributed by atoms with Crippen LogP contribution in [0, 0.1) is 0 Å². The maximum absolute atomic E-state index is 12.4. The van der Waals surface area contributed by atoms with Crippen LogP contribution in [0.1, 0.15) is 67.6 Å². The Balaban J connectivity index is 2.11. The quantitative estimate of drug-likeness (QED) is 0.568. The lowest BCUT2D eigenvalue weighted by atomic mass is 9.82. The highest BCUT2D eigenvalue weighted by molar-refractivity contribution is 5.91. The zero-order chi connectivity index (χ0) is 19.8. The van der Waals surface area contributed by atoms with Gasteiger partial charge in [0, 0.05) is 41.5 Å². The Labute approximate surface area is 159 Å². The number of carbonyl (C=O) groups is 1. The van der Waals surface area contributed by atoms with E-state index in [-0.39, 0.29) is 17.2 Å². The third kappa shape index (κ3) is 3.14. The number of nitrogens with one attached hydrogen (secondary N) is 2. The van der Waals surface area contributed by atoms with Gasteiger partial charge in [0.15, 0.2) is 5.56 Å². The van der Waals surface area contributed by atoms with Crippen molar-refractivity contribution in [2.45, 2.75) is 57.9 Å². The molecule has 2 unspecified atom stereocenters. The maximum atomic E-state index is 12.4. The predicted octanol–water partition coefficient (Wildman–Crippen LogP) is 2.18. The van der Waals surface area contributed by atoms with Gasteiger partial charge < -0.3 is 25.4 Å². The topological polar surface area (TPSA) is 106 Å². The van der Waals surface area contributed by atoms with E-state index in [9.17, 15) is 19.8 Å². The summed E-state index contributed by atoms with van der Waals surface area (Å²) in [5, 5.41) is 23.3. The largest absolute Gasteiger partial charge is 0.506 e. The average Bonchev–Trinajstić information content (AvgIpc) is 2.80. The molecule has 0 amide bonds. The highest BCUT2D eigenvalue weighted by Gasteiger charge is 2.47. The van der Waals surface area contributed by atoms with Gasteiger partial charge in [-0.25, -0.2) is 4.79 Å². The number of rotatable bonds is 6. The van der Waals surface area contributed by atoms with Gasteiger partial charge in [-0.15, -0.1) is 0 Å². The molecule has 2 heterocycles. The van der Waals surface area contributed by atoms with Crippen LogP contribution in [0.3, 0.4) is 0 Å². The van der Waals surface area contributed by atoms with E-state index in [1.807, 2.05) is 0 Å². The van der Waals surface area contributed by atoms with Crippen LogP contribution in [0.2, 0.25) is 0 Å². The molecule has 1 aliphatic heterocycles. The second kappa shape index (κ2) is 7.38. The zero-order valence-electron chi connectivity index (χ0n) is 16.3. The van der Waals surface area contributed by atoms with Crippen molar-refractivity contribution in [1.82, 2.24) is 15.2 Å². The molecule has 7 nitrogen and oxygen atoms in total. The van der Waals surface area contributed by atoms with Gasteiger partial charge in [0.25, 0.3) is 5.56 Å². The third-order valence-corrected chi connectivity index (χ3v) is 6.00. The number of aromatic nitrogens is 1. The molecular weight excluding hydrogens is 346 g/mol. The minimum absolute atomic E-state index is 0.0881. The fraction of sp³-hybridized carbons (Fsp3) is 0.600. The molecule has 0 saturated heterocycles. The zero-order valence-corrected chi connectivity index (χ0v) is 16.3. The highest BCUT2D eigenvalue weighted by atomic mass is 16.4. The van der Waals surface area contributed by atoms with Crippen LogP contribution >= 0.6 is 0 Å². The van der Waals surface area contributed by atoms with Crippen LogP contribution in [0.15, 0.2) is 16.6 Å². The number of nitrogens with zero attached hydrogens (tertiary/aromatic N) is 1. The Kier molecular flexibility index (Phi) is 5.33. The first-order valence-electron chi connectivity index (χ1n) is 9.75. The second-order valence-corrected chi connectivity index (χ2v) is 7.64. The number of fused-ring (bicyclic) bond motifs is 3. The van der Waals surface area contributed by atoms with Crippen LogP contribution in [0.4, 0.5) is 0 Å². The van der Waals surface area contributed by atoms with Gasteiger partial charge in [-0.1, -0.05) is 13.0 Å². The minimum atomic E-state index is -1.40. The lowest BCUT2D eigenvalue weighted by molar-refractivity contribution is 0.0691. The Morgan fingerprint density at radius 2 is 2.19 bits per heavy atom. The van der Waals surface area contributed by atoms with Crippen molar-refractivity contribution in [3.63, 3.8) is 0 Å². The number of hydrogen-bond donors (Lipinski definition) is 4. The van der Waals surface area contributed by atoms with E-state index in [2.05, 4.69) is 42.0 Å². The fourth-order valence-electron chi connectivity index (χ4n) is 4.74. The van der Waals surface area contributed by atoms with Crippen molar-refractivity contribution >= 4 is 5.97 Å². The van der Waals surface area contributed by atoms with Crippen molar-refractivity contribution < 1.29 is 15.0 Å². The number of carboxylic acid groups (broad SMARTS) is 1. The SMILES string of the molecule is CCCNCC1=CC2c3[nH]c(=O)c(C(=O)O)c(O)c3CCCC2(C)N1CC. The fourth-order valence-corrected chi connectivity index (χ4v) is 4.74. The van der Waals surface area contributed by atoms with E-state index >= 15 is 0 Å². The number of pyridine rings is 1. The van der Waals surface area contributed by atoms with Gasteiger partial charge >= 0.3 is 5.97 Å². The molecule has 1 aromatic rings. The predicted molar refractivity (Wildman–Crippen MR) is 103 cm³/mol. The van der Waals surface area contributed by atoms with Gasteiger partial charge in [0.05, 0.1) is 0 Å². The van der Waals surface area contributed by atoms with Crippen molar-refractivity contribution in [2.24, 2.45) is 0 Å². The molecule has 0 fully saturated rings. The second-order valence-electron chi connectivity index (χ2n) is 7.64. The van der Waals surface area contributed by atoms with Crippen molar-refractivity contribution in [3.05, 3.63) is 38.9 Å². The number of aromatic hydroxyl groups is 1. The molecule has 27 heavy (non-hydrogen) atoms. The van der Waals surface area contributed by atoms with Crippen LogP contribution in [-0.2, 0) is 6.42 Å². The van der Waals surface area contributed by atoms with Crippen molar-refractivity contribution in [2.75, 3.05) is 19.6 Å². The molecule has 3 rings (SSSR count). The van der Waals surface area contributed by atoms with Crippen LogP contribution in [0.25, 0.3) is 0 Å². The van der Waals surface area contributed by atoms with E-state index in [1.165, 1.54) is 5.70 Å². The van der Waals surface area contributed by atoms with Crippen molar-refractivity contribution in [3.8, 4) is 5.75 Å². The van der Waals surface area contributed by atoms with E-state index in [0.717, 1.165) is 38.9 Å². The molecule has 0 spiro atoms. The van der Waals surface area contributed by atoms with E-state index in [4.69, 9.17) is 0 Å². The van der Waals surface area contributed by atoms with Crippen LogP contribution < -0.4 is 10.9 Å². The molecule has 0 aromatic carbocycles. The normalized spacial score (nSPS) is 24.2. The number of hydrogen-bond acceptors (Lipinski definition) is 5. The Hall–Kier alpha value is -2.28. The molecule has 1 aliphatic carbocycles. The number of H-pyrrole nitrogens is 1. The molecular formula is C20H29N3O4. The lowest BCUT2D eigenvalue weighted by Crippen LogP contribution is -2.46. The number of aromatic carboxylic acids is 1. The first-order chi connectivity index (χ1) is 12.8. The molecule has 1 aromatic heterocycles. The summed E-state index contributed by atoms with van der Waals surface area (Å²) in [6.45, 7) is 8.99. The van der Waals surface area contributed by atoms with Crippen LogP contribution in [-0.4, -0.2) is 51.2 Å². The van der Waals surface area contributed by atoms with Crippen molar-refractivity contribution in [1.29, 1.82) is 0 Å². The Morgan fingerprint density at radius 1 is 1.44 bits per heavy atom. The standard InChI is InChI=1S/C20H29N3O4/c1-4-9-21-11-12-10-14-16-13(7-6-8-20(14,3)23(12)5-2)17(24)15(19(26)27)18(25)22-16/h10,14,21H,4-9,11H2,1-3H3,(H,26,27)(H2,22,24,25). The molecule has 0 saturated carbocycles. The summed E-state index contributed by atoms with van der Waals surface area (Å²) < 4.78 is 0. The molecule has 0 radical (unpaired) electrons. The third-order valence-electron chi connectivity index (χ3n) is 6.00. The number of carboxylic acids is 1. The van der Waals surface area contributed by atoms with Gasteiger partial charge in [0.1, 0.15) is 5.75 Å². The van der Waals surface area contributed by atoms with Gasteiger partial charge in [-0.3, -0.25) is 4.79 Å². The number of aromatic amines is 1. The summed E-state index contributed by atoms with van der Waals surface area (Å²) in [5.41, 5.74) is 0.910. The van der Waals surface area contributed by atoms with E-state index in [1.54, 1.807) is 0 Å². The maximum Gasteiger partial charge on any atom is 0.345 e. The summed E-state index contributed by atoms with van der Waals surface area (Å²) in [6, 6.07) is 0. The molecule has 7 heteroatoms. The monoisotopic (exact) mass is 375 g/mol. The summed E-state index contributed by atoms with van der Waals surface area (Å²) in [6.07, 6.45) is 5.50. The molecule has 0 bridgehead atoms. The first kappa shape index (κ1) is 19.5. The molecule has 2 atom stereocenters. The van der Waals surface area contributed by atoms with Gasteiger partial charge in [-0.05, 0) is 46.1 Å². The lowest BCUT2D eigenvalue weighted by Gasteiger charge is -2.41. The first-order valence-corrected chi connectivity index (χ1v) is 9.75. The van der Waals surface area contributed by atoms with Gasteiger partial charge in [-0.2, -0.15) is 0 Å². The minimum Gasteiger partial charge on any atom is -0.506 e. The van der Waals surface area contributed by atoms with E-state index in [0.29, 0.717) is 17.7 Å². The molecule has 2 aliphatic rings. The summed E-state index contributed by atoms with van der Waals surface area (Å²) in [7, 11) is 0. The van der Waals surface area contributed by atoms with Crippen LogP contribution in [0.5, 0.6) is 5.75 Å². The Morgan fingerprint density at radius 3 is 2.81 bits per heavy atom. The number of likely N-dealkylation sites (N-methyl/N-ethyl adjacent to an activating group) is 1. The molecule has 4 N–H and O–H groups in total. The summed E-state index contributed by atoms with van der Waals surface area (Å²) >= 11 is 0. The average molecular weight is 375 g/mol. The summed E-state index contributed by atoms with van der Waals surface area (Å²) in [4.78, 5) is 28.9. The highest BCUT2D eigenvalue weighted by Crippen LogP contribution is 2.49. The Bertz CT molecular complexity index is 829. The molecule has 148 valence electrons. The smallest absolute Gasteiger partial charge is 0.345 e. The summed E-state index contributed by atoms with van der Waals surface area (Å²) in [5.74, 6) is -1.86. The van der Waals surface area contributed by atoms with E-state index < -0.39 is 17.1 Å². The van der Waals surface area contributed by atoms with Gasteiger partial charge in [0.2, 0.25) is 0 Å².